The molecule has 2 atom stereocenters. The first-order chi connectivity index (χ1) is 22.8. The Morgan fingerprint density at radius 2 is 1.77 bits per heavy atom. The lowest BCUT2D eigenvalue weighted by Gasteiger charge is -2.34. The van der Waals surface area contributed by atoms with E-state index in [0.717, 1.165) is 74.4 Å². The summed E-state index contributed by atoms with van der Waals surface area (Å²) >= 11 is 0. The minimum absolute atomic E-state index is 0.00691. The van der Waals surface area contributed by atoms with Crippen LogP contribution < -0.4 is 10.5 Å². The van der Waals surface area contributed by atoms with Gasteiger partial charge < -0.3 is 34.1 Å². The van der Waals surface area contributed by atoms with E-state index in [1.54, 1.807) is 14.2 Å². The highest BCUT2D eigenvalue weighted by Crippen LogP contribution is 2.41. The van der Waals surface area contributed by atoms with Crippen LogP contribution >= 0.6 is 0 Å². The summed E-state index contributed by atoms with van der Waals surface area (Å²) in [5.74, 6) is 2.95. The molecule has 7 rings (SSSR count). The van der Waals surface area contributed by atoms with Crippen molar-refractivity contribution in [2.45, 2.75) is 64.0 Å². The van der Waals surface area contributed by atoms with Gasteiger partial charge in [0.1, 0.15) is 17.4 Å². The van der Waals surface area contributed by atoms with Gasteiger partial charge in [-0.05, 0) is 93.5 Å². The van der Waals surface area contributed by atoms with Crippen LogP contribution in [0.1, 0.15) is 67.3 Å². The lowest BCUT2D eigenvalue weighted by molar-refractivity contribution is -0.142. The molecule has 1 aliphatic carbocycles. The van der Waals surface area contributed by atoms with Crippen LogP contribution in [0.15, 0.2) is 36.4 Å². The molecule has 2 amide bonds. The van der Waals surface area contributed by atoms with E-state index in [0.29, 0.717) is 42.2 Å². The van der Waals surface area contributed by atoms with Crippen LogP contribution in [0.5, 0.6) is 5.75 Å². The first-order valence-corrected chi connectivity index (χ1v) is 17.3. The Bertz CT molecular complexity index is 1800. The first kappa shape index (κ1) is 31.7. The third kappa shape index (κ3) is 5.91. The Balaban J connectivity index is 1.27. The molecule has 3 fully saturated rings. The molecule has 3 aliphatic rings. The molecule has 2 aliphatic heterocycles. The summed E-state index contributed by atoms with van der Waals surface area (Å²) in [7, 11) is 5.29. The van der Waals surface area contributed by atoms with Crippen LogP contribution in [0.2, 0.25) is 0 Å². The number of para-hydroxylation sites is 1. The van der Waals surface area contributed by atoms with E-state index in [2.05, 4.69) is 33.4 Å². The fourth-order valence-corrected chi connectivity index (χ4v) is 7.83. The number of hydrogen-bond acceptors (Lipinski definition) is 6. The predicted octanol–water partition coefficient (Wildman–Crippen LogP) is 5.17. The molecule has 250 valence electrons. The van der Waals surface area contributed by atoms with Gasteiger partial charge in [0.2, 0.25) is 0 Å². The van der Waals surface area contributed by atoms with Crippen molar-refractivity contribution in [2.75, 3.05) is 46.9 Å². The molecule has 4 aromatic rings. The van der Waals surface area contributed by atoms with Crippen molar-refractivity contribution in [1.29, 1.82) is 0 Å². The Hall–Kier alpha value is -3.89. The third-order valence-electron chi connectivity index (χ3n) is 10.8. The second kappa shape index (κ2) is 13.0. The summed E-state index contributed by atoms with van der Waals surface area (Å²) in [4.78, 5) is 35.6. The van der Waals surface area contributed by atoms with Gasteiger partial charge >= 0.3 is 0 Å². The van der Waals surface area contributed by atoms with Gasteiger partial charge in [0, 0.05) is 57.8 Å². The molecule has 2 aromatic carbocycles. The first-order valence-electron chi connectivity index (χ1n) is 17.3. The van der Waals surface area contributed by atoms with E-state index in [-0.39, 0.29) is 11.8 Å². The summed E-state index contributed by atoms with van der Waals surface area (Å²) in [5, 5.41) is 1.21. The van der Waals surface area contributed by atoms with Crippen LogP contribution in [0.3, 0.4) is 0 Å². The number of piperidine rings is 2. The molecular formula is C37H48N6O4. The number of nitrogens with zero attached hydrogens (tertiary/aromatic N) is 5. The lowest BCUT2D eigenvalue weighted by atomic mass is 9.88. The Kier molecular flexibility index (Phi) is 8.74. The highest BCUT2D eigenvalue weighted by molar-refractivity contribution is 6.00. The number of methoxy groups -OCH3 is 2. The molecule has 10 heteroatoms. The molecule has 1 saturated carbocycles. The number of carbonyl (C=O) groups excluding carboxylic acids is 2. The SMILES string of the molecule is COc1cc(C(=O)N2CCC[C@@H](CN)C2)cc2nc(-c3cc4cccc(C5CCN(C(=O)C(C)OC)CC5)c4n3CC3CC3)n(C)c12. The minimum atomic E-state index is -0.414. The van der Waals surface area contributed by atoms with E-state index >= 15 is 0 Å². The summed E-state index contributed by atoms with van der Waals surface area (Å²) in [6.45, 7) is 6.27. The number of nitrogens with two attached hydrogens (primary N) is 1. The maximum atomic E-state index is 13.7. The molecule has 0 bridgehead atoms. The van der Waals surface area contributed by atoms with E-state index in [9.17, 15) is 9.59 Å². The van der Waals surface area contributed by atoms with E-state index < -0.39 is 6.10 Å². The van der Waals surface area contributed by atoms with Gasteiger partial charge in [-0.15, -0.1) is 0 Å². The number of hydrogen-bond donors (Lipinski definition) is 1. The molecule has 10 nitrogen and oxygen atoms in total. The van der Waals surface area contributed by atoms with Crippen molar-refractivity contribution < 1.29 is 19.1 Å². The highest BCUT2D eigenvalue weighted by atomic mass is 16.5. The summed E-state index contributed by atoms with van der Waals surface area (Å²) in [6, 6.07) is 12.7. The van der Waals surface area contributed by atoms with Crippen molar-refractivity contribution in [3.8, 4) is 17.3 Å². The molecule has 2 aromatic heterocycles. The van der Waals surface area contributed by atoms with Crippen molar-refractivity contribution in [3.63, 3.8) is 0 Å². The predicted molar refractivity (Wildman–Crippen MR) is 184 cm³/mol. The van der Waals surface area contributed by atoms with Gasteiger partial charge in [-0.2, -0.15) is 0 Å². The number of imidazole rings is 1. The van der Waals surface area contributed by atoms with Crippen LogP contribution in [-0.4, -0.2) is 88.8 Å². The number of carbonyl (C=O) groups is 2. The van der Waals surface area contributed by atoms with Gasteiger partial charge in [0.15, 0.2) is 5.82 Å². The highest BCUT2D eigenvalue weighted by Gasteiger charge is 2.31. The van der Waals surface area contributed by atoms with Crippen molar-refractivity contribution in [1.82, 2.24) is 23.9 Å². The molecule has 1 unspecified atom stereocenters. The Morgan fingerprint density at radius 1 is 0.979 bits per heavy atom. The van der Waals surface area contributed by atoms with E-state index in [1.807, 2.05) is 35.9 Å². The summed E-state index contributed by atoms with van der Waals surface area (Å²) in [5.41, 5.74) is 11.9. The quantitative estimate of drug-likeness (QED) is 0.271. The average Bonchev–Trinajstić information content (AvgIpc) is 3.78. The van der Waals surface area contributed by atoms with Crippen molar-refractivity contribution in [3.05, 3.63) is 47.5 Å². The van der Waals surface area contributed by atoms with Crippen LogP contribution in [0.25, 0.3) is 33.5 Å². The maximum absolute atomic E-state index is 13.7. The van der Waals surface area contributed by atoms with Crippen LogP contribution in [-0.2, 0) is 23.1 Å². The largest absolute Gasteiger partial charge is 0.494 e. The second-order valence-corrected chi connectivity index (χ2v) is 13.9. The number of fused-ring (bicyclic) bond motifs is 2. The van der Waals surface area contributed by atoms with Gasteiger partial charge in [0.05, 0.1) is 23.8 Å². The number of amides is 2. The molecule has 4 heterocycles. The number of ether oxygens (including phenoxy) is 2. The van der Waals surface area contributed by atoms with Crippen LogP contribution in [0.4, 0.5) is 0 Å². The molecule has 0 radical (unpaired) electrons. The fourth-order valence-electron chi connectivity index (χ4n) is 7.83. The number of likely N-dealkylation sites (tertiary alicyclic amines) is 2. The lowest BCUT2D eigenvalue weighted by Crippen LogP contribution is -2.43. The second-order valence-electron chi connectivity index (χ2n) is 13.9. The minimum Gasteiger partial charge on any atom is -0.494 e. The van der Waals surface area contributed by atoms with Gasteiger partial charge in [-0.3, -0.25) is 9.59 Å². The molecular weight excluding hydrogens is 592 g/mol. The molecule has 2 N–H and O–H groups in total. The smallest absolute Gasteiger partial charge is 0.254 e. The normalized spacial score (nSPS) is 19.9. The van der Waals surface area contributed by atoms with Crippen molar-refractivity contribution in [2.24, 2.45) is 24.6 Å². The number of rotatable bonds is 9. The van der Waals surface area contributed by atoms with E-state index in [4.69, 9.17) is 20.2 Å². The van der Waals surface area contributed by atoms with Crippen molar-refractivity contribution >= 4 is 33.8 Å². The fraction of sp³-hybridized carbons (Fsp3) is 0.541. The topological polar surface area (TPSA) is 108 Å². The maximum Gasteiger partial charge on any atom is 0.254 e. The average molecular weight is 641 g/mol. The number of benzene rings is 2. The number of aryl methyl sites for hydroxylation is 1. The Morgan fingerprint density at radius 3 is 2.47 bits per heavy atom. The molecule has 2 saturated heterocycles. The van der Waals surface area contributed by atoms with Crippen LogP contribution in [0, 0.1) is 11.8 Å². The van der Waals surface area contributed by atoms with Gasteiger partial charge in [0.25, 0.3) is 11.8 Å². The van der Waals surface area contributed by atoms with Gasteiger partial charge in [-0.25, -0.2) is 4.98 Å². The zero-order chi connectivity index (χ0) is 32.8. The standard InChI is InChI=1S/C37H48N6O4/c1-23(46-3)36(44)41-15-12-26(13-16-41)29-9-5-8-27-18-31(43(33(27)29)22-24-10-11-24)35-39-30-17-28(19-32(47-4)34(30)40(35)2)37(45)42-14-6-7-25(20-38)21-42/h5,8-9,17-19,23-26H,6-7,10-16,20-22,38H2,1-4H3/t23?,25-/m0/s1. The number of aromatic nitrogens is 3. The van der Waals surface area contributed by atoms with Gasteiger partial charge in [-0.1, -0.05) is 18.2 Å². The zero-order valence-corrected chi connectivity index (χ0v) is 28.2. The monoisotopic (exact) mass is 640 g/mol. The summed E-state index contributed by atoms with van der Waals surface area (Å²) < 4.78 is 15.8. The molecule has 0 spiro atoms. The Labute approximate surface area is 276 Å². The summed E-state index contributed by atoms with van der Waals surface area (Å²) in [6.07, 6.45) is 5.95. The molecule has 47 heavy (non-hydrogen) atoms. The third-order valence-corrected chi connectivity index (χ3v) is 10.8. The van der Waals surface area contributed by atoms with E-state index in [1.165, 1.54) is 29.3 Å². The zero-order valence-electron chi connectivity index (χ0n) is 28.2.